The number of hydrogen-bond acceptors (Lipinski definition) is 3. The Morgan fingerprint density at radius 3 is 2.53 bits per heavy atom. The van der Waals surface area contributed by atoms with Crippen molar-refractivity contribution in [2.24, 2.45) is 0 Å². The van der Waals surface area contributed by atoms with Crippen molar-refractivity contribution < 1.29 is 5.11 Å². The van der Waals surface area contributed by atoms with E-state index in [9.17, 15) is 0 Å². The average molecular weight is 234 g/mol. The fourth-order valence-corrected chi connectivity index (χ4v) is 1.74. The number of benzene rings is 1. The van der Waals surface area contributed by atoms with Crippen molar-refractivity contribution in [2.45, 2.75) is 13.0 Å². The summed E-state index contributed by atoms with van der Waals surface area (Å²) in [5.74, 6) is 0. The number of hydrogen-bond donors (Lipinski definition) is 2. The molecule has 3 heteroatoms. The second kappa shape index (κ2) is 7.09. The molecule has 1 atom stereocenters. The lowest BCUT2D eigenvalue weighted by Crippen LogP contribution is -2.26. The highest BCUT2D eigenvalue weighted by Crippen LogP contribution is 2.18. The molecule has 0 aliphatic heterocycles. The molecule has 0 radical (unpaired) electrons. The van der Waals surface area contributed by atoms with Gasteiger partial charge in [-0.2, -0.15) is 0 Å². The van der Waals surface area contributed by atoms with Gasteiger partial charge in [-0.3, -0.25) is 0 Å². The minimum absolute atomic E-state index is 0.155. The lowest BCUT2D eigenvalue weighted by molar-refractivity contribution is 0.303. The van der Waals surface area contributed by atoms with E-state index >= 15 is 0 Å². The number of nitrogens with one attached hydrogen (secondary N) is 1. The van der Waals surface area contributed by atoms with Gasteiger partial charge >= 0.3 is 0 Å². The molecule has 1 unspecified atom stereocenters. The van der Waals surface area contributed by atoms with Crippen LogP contribution in [0.15, 0.2) is 36.9 Å². The summed E-state index contributed by atoms with van der Waals surface area (Å²) in [5, 5.41) is 12.2. The molecule has 0 fully saturated rings. The highest BCUT2D eigenvalue weighted by molar-refractivity contribution is 5.48. The zero-order valence-electron chi connectivity index (χ0n) is 10.7. The van der Waals surface area contributed by atoms with Crippen LogP contribution in [-0.4, -0.2) is 31.9 Å². The van der Waals surface area contributed by atoms with E-state index in [1.54, 1.807) is 0 Å². The molecule has 0 amide bonds. The fourth-order valence-electron chi connectivity index (χ4n) is 1.74. The molecule has 0 saturated heterocycles. The Kier molecular flexibility index (Phi) is 5.73. The summed E-state index contributed by atoms with van der Waals surface area (Å²) >= 11 is 0. The second-order valence-electron chi connectivity index (χ2n) is 4.06. The molecule has 0 spiro atoms. The molecule has 1 rings (SSSR count). The minimum atomic E-state index is 0.155. The van der Waals surface area contributed by atoms with Crippen LogP contribution < -0.4 is 10.2 Å². The van der Waals surface area contributed by atoms with Crippen LogP contribution >= 0.6 is 0 Å². The van der Waals surface area contributed by atoms with E-state index < -0.39 is 0 Å². The first-order chi connectivity index (χ1) is 8.22. The first-order valence-electron chi connectivity index (χ1n) is 5.96. The van der Waals surface area contributed by atoms with Crippen molar-refractivity contribution in [3.05, 3.63) is 42.5 Å². The zero-order chi connectivity index (χ0) is 12.7. The van der Waals surface area contributed by atoms with E-state index in [4.69, 9.17) is 5.11 Å². The van der Waals surface area contributed by atoms with Gasteiger partial charge in [-0.1, -0.05) is 18.2 Å². The van der Waals surface area contributed by atoms with Gasteiger partial charge in [-0.05, 0) is 31.7 Å². The molecule has 17 heavy (non-hydrogen) atoms. The maximum Gasteiger partial charge on any atom is 0.0606 e. The van der Waals surface area contributed by atoms with Gasteiger partial charge in [0, 0.05) is 24.8 Å². The van der Waals surface area contributed by atoms with Gasteiger partial charge in [0.05, 0.1) is 6.61 Å². The standard InChI is InChI=1S/C14H22N2O/c1-4-9-16(10-11-17)14-7-5-13(6-8-14)12(2)15-3/h4-8,12,15,17H,1,9-11H2,2-3H3. The maximum atomic E-state index is 9.02. The van der Waals surface area contributed by atoms with Crippen molar-refractivity contribution >= 4 is 5.69 Å². The van der Waals surface area contributed by atoms with Crippen LogP contribution in [0.4, 0.5) is 5.69 Å². The average Bonchev–Trinajstić information content (AvgIpc) is 2.38. The summed E-state index contributed by atoms with van der Waals surface area (Å²) in [6, 6.07) is 8.76. The number of aliphatic hydroxyl groups is 1. The third-order valence-electron chi connectivity index (χ3n) is 2.91. The van der Waals surface area contributed by atoms with Gasteiger partial charge in [0.25, 0.3) is 0 Å². The molecule has 0 heterocycles. The number of aliphatic hydroxyl groups excluding tert-OH is 1. The normalized spacial score (nSPS) is 12.2. The first-order valence-corrected chi connectivity index (χ1v) is 5.96. The van der Waals surface area contributed by atoms with Crippen molar-refractivity contribution in [1.82, 2.24) is 5.32 Å². The van der Waals surface area contributed by atoms with Crippen LogP contribution in [0.2, 0.25) is 0 Å². The molecular formula is C14H22N2O. The molecule has 0 aliphatic rings. The van der Waals surface area contributed by atoms with E-state index in [0.717, 1.165) is 12.2 Å². The number of nitrogens with zero attached hydrogens (tertiary/aromatic N) is 1. The zero-order valence-corrected chi connectivity index (χ0v) is 10.7. The van der Waals surface area contributed by atoms with E-state index in [1.807, 2.05) is 13.1 Å². The molecule has 1 aromatic rings. The van der Waals surface area contributed by atoms with E-state index in [-0.39, 0.29) is 6.61 Å². The third-order valence-corrected chi connectivity index (χ3v) is 2.91. The summed E-state index contributed by atoms with van der Waals surface area (Å²) in [6.45, 7) is 7.40. The monoisotopic (exact) mass is 234 g/mol. The Labute approximate surface area is 104 Å². The molecule has 2 N–H and O–H groups in total. The van der Waals surface area contributed by atoms with Gasteiger partial charge in [0.2, 0.25) is 0 Å². The Morgan fingerprint density at radius 1 is 1.41 bits per heavy atom. The summed E-state index contributed by atoms with van der Waals surface area (Å²) in [6.07, 6.45) is 1.85. The molecule has 94 valence electrons. The summed E-state index contributed by atoms with van der Waals surface area (Å²) in [5.41, 5.74) is 2.38. The maximum absolute atomic E-state index is 9.02. The Morgan fingerprint density at radius 2 is 2.06 bits per heavy atom. The highest BCUT2D eigenvalue weighted by atomic mass is 16.3. The van der Waals surface area contributed by atoms with Crippen LogP contribution in [0, 0.1) is 0 Å². The quantitative estimate of drug-likeness (QED) is 0.708. The molecule has 1 aromatic carbocycles. The lowest BCUT2D eigenvalue weighted by Gasteiger charge is -2.23. The van der Waals surface area contributed by atoms with E-state index in [2.05, 4.69) is 48.0 Å². The molecule has 0 aromatic heterocycles. The van der Waals surface area contributed by atoms with Gasteiger partial charge < -0.3 is 15.3 Å². The third kappa shape index (κ3) is 3.88. The van der Waals surface area contributed by atoms with Crippen LogP contribution in [0.25, 0.3) is 0 Å². The molecule has 0 saturated carbocycles. The van der Waals surface area contributed by atoms with Crippen LogP contribution in [0.5, 0.6) is 0 Å². The lowest BCUT2D eigenvalue weighted by atomic mass is 10.1. The van der Waals surface area contributed by atoms with Crippen molar-refractivity contribution in [2.75, 3.05) is 31.6 Å². The first kappa shape index (κ1) is 13.7. The predicted molar refractivity (Wildman–Crippen MR) is 73.4 cm³/mol. The summed E-state index contributed by atoms with van der Waals surface area (Å²) < 4.78 is 0. The second-order valence-corrected chi connectivity index (χ2v) is 4.06. The van der Waals surface area contributed by atoms with E-state index in [1.165, 1.54) is 5.56 Å². The van der Waals surface area contributed by atoms with Crippen molar-refractivity contribution in [1.29, 1.82) is 0 Å². The SMILES string of the molecule is C=CCN(CCO)c1ccc(C(C)NC)cc1. The Bertz CT molecular complexity index is 335. The molecule has 0 aliphatic carbocycles. The minimum Gasteiger partial charge on any atom is -0.395 e. The van der Waals surface area contributed by atoms with Crippen LogP contribution in [0.1, 0.15) is 18.5 Å². The van der Waals surface area contributed by atoms with Gasteiger partial charge in [-0.15, -0.1) is 6.58 Å². The number of anilines is 1. The molecule has 0 bridgehead atoms. The summed E-state index contributed by atoms with van der Waals surface area (Å²) in [7, 11) is 1.95. The van der Waals surface area contributed by atoms with Crippen molar-refractivity contribution in [3.8, 4) is 0 Å². The smallest absolute Gasteiger partial charge is 0.0606 e. The number of rotatable bonds is 7. The fraction of sp³-hybridized carbons (Fsp3) is 0.429. The largest absolute Gasteiger partial charge is 0.395 e. The Balaban J connectivity index is 2.79. The van der Waals surface area contributed by atoms with Crippen LogP contribution in [0.3, 0.4) is 0 Å². The highest BCUT2D eigenvalue weighted by Gasteiger charge is 2.06. The molecular weight excluding hydrogens is 212 g/mol. The van der Waals surface area contributed by atoms with Crippen LogP contribution in [-0.2, 0) is 0 Å². The van der Waals surface area contributed by atoms with Gasteiger partial charge in [0.1, 0.15) is 0 Å². The molecule has 3 nitrogen and oxygen atoms in total. The van der Waals surface area contributed by atoms with Crippen molar-refractivity contribution in [3.63, 3.8) is 0 Å². The predicted octanol–water partition coefficient (Wildman–Crippen LogP) is 1.95. The van der Waals surface area contributed by atoms with Gasteiger partial charge in [-0.25, -0.2) is 0 Å². The summed E-state index contributed by atoms with van der Waals surface area (Å²) in [4.78, 5) is 2.10. The Hall–Kier alpha value is -1.32. The van der Waals surface area contributed by atoms with Gasteiger partial charge in [0.15, 0.2) is 0 Å². The topological polar surface area (TPSA) is 35.5 Å². The van der Waals surface area contributed by atoms with E-state index in [0.29, 0.717) is 12.6 Å².